The minimum absolute atomic E-state index is 0.0624. The molecule has 3 nitrogen and oxygen atoms in total. The number of hydrogen-bond donors (Lipinski definition) is 1. The smallest absolute Gasteiger partial charge is 0.154 e. The molecule has 0 spiro atoms. The van der Waals surface area contributed by atoms with Gasteiger partial charge in [-0.3, -0.25) is 4.79 Å². The van der Waals surface area contributed by atoms with E-state index in [-0.39, 0.29) is 5.75 Å². The molecule has 0 bridgehead atoms. The second-order valence-corrected chi connectivity index (χ2v) is 4.21. The molecule has 0 unspecified atom stereocenters. The Morgan fingerprint density at radius 1 is 1.11 bits per heavy atom. The summed E-state index contributed by atoms with van der Waals surface area (Å²) in [4.78, 5) is 10.8. The number of rotatable bonds is 3. The van der Waals surface area contributed by atoms with E-state index in [0.717, 1.165) is 5.56 Å². The van der Waals surface area contributed by atoms with Gasteiger partial charge < -0.3 is 9.84 Å². The molecule has 0 fully saturated rings. The number of phenols is 1. The summed E-state index contributed by atoms with van der Waals surface area (Å²) in [6.45, 7) is 3.73. The third-order valence-electron chi connectivity index (χ3n) is 2.68. The average Bonchev–Trinajstić information content (AvgIpc) is 2.28. The van der Waals surface area contributed by atoms with E-state index < -0.39 is 0 Å². The van der Waals surface area contributed by atoms with Crippen LogP contribution in [-0.2, 0) is 0 Å². The summed E-state index contributed by atoms with van der Waals surface area (Å²) in [5.74, 6) is 1.15. The molecule has 1 N–H and O–H groups in total. The van der Waals surface area contributed by atoms with Gasteiger partial charge in [0.05, 0.1) is 5.56 Å². The van der Waals surface area contributed by atoms with Crippen molar-refractivity contribution in [2.75, 3.05) is 0 Å². The van der Waals surface area contributed by atoms with Crippen LogP contribution in [0.5, 0.6) is 17.2 Å². The molecule has 0 atom stereocenters. The highest BCUT2D eigenvalue weighted by Crippen LogP contribution is 2.29. The van der Waals surface area contributed by atoms with Gasteiger partial charge in [0.15, 0.2) is 6.29 Å². The van der Waals surface area contributed by atoms with Gasteiger partial charge in [0.1, 0.15) is 17.2 Å². The van der Waals surface area contributed by atoms with Crippen LogP contribution in [0.25, 0.3) is 0 Å². The van der Waals surface area contributed by atoms with Crippen LogP contribution in [0.4, 0.5) is 0 Å². The largest absolute Gasteiger partial charge is 0.507 e. The van der Waals surface area contributed by atoms with Crippen LogP contribution in [0.2, 0.25) is 0 Å². The lowest BCUT2D eigenvalue weighted by Gasteiger charge is -2.09. The second kappa shape index (κ2) is 4.92. The molecule has 2 aromatic carbocycles. The Balaban J connectivity index is 2.33. The number of carbonyl (C=O) groups is 1. The van der Waals surface area contributed by atoms with Crippen LogP contribution in [-0.4, -0.2) is 11.4 Å². The SMILES string of the molecule is Cc1cccc(Oc2cc(C)c(C=O)c(O)c2)c1. The van der Waals surface area contributed by atoms with E-state index in [9.17, 15) is 9.90 Å². The first-order chi connectivity index (χ1) is 8.60. The molecule has 0 aliphatic heterocycles. The van der Waals surface area contributed by atoms with Crippen molar-refractivity contribution in [2.45, 2.75) is 13.8 Å². The third-order valence-corrected chi connectivity index (χ3v) is 2.68. The predicted octanol–water partition coefficient (Wildman–Crippen LogP) is 3.61. The quantitative estimate of drug-likeness (QED) is 0.836. The number of phenolic OH excluding ortho intramolecular Hbond substituents is 1. The predicted molar refractivity (Wildman–Crippen MR) is 69.5 cm³/mol. The number of benzene rings is 2. The van der Waals surface area contributed by atoms with E-state index >= 15 is 0 Å². The van der Waals surface area contributed by atoms with Gasteiger partial charge in [-0.25, -0.2) is 0 Å². The highest BCUT2D eigenvalue weighted by molar-refractivity contribution is 5.82. The minimum Gasteiger partial charge on any atom is -0.507 e. The van der Waals surface area contributed by atoms with Gasteiger partial charge in [0, 0.05) is 6.07 Å². The Kier molecular flexibility index (Phi) is 3.33. The Labute approximate surface area is 106 Å². The molecule has 92 valence electrons. The van der Waals surface area contributed by atoms with Crippen LogP contribution >= 0.6 is 0 Å². The number of aromatic hydroxyl groups is 1. The molecular formula is C15H14O3. The Morgan fingerprint density at radius 2 is 1.89 bits per heavy atom. The molecule has 0 aliphatic carbocycles. The molecule has 0 amide bonds. The molecule has 3 heteroatoms. The zero-order chi connectivity index (χ0) is 13.1. The highest BCUT2D eigenvalue weighted by atomic mass is 16.5. The first-order valence-corrected chi connectivity index (χ1v) is 5.63. The van der Waals surface area contributed by atoms with Crippen molar-refractivity contribution in [2.24, 2.45) is 0 Å². The van der Waals surface area contributed by atoms with E-state index in [4.69, 9.17) is 4.74 Å². The average molecular weight is 242 g/mol. The van der Waals surface area contributed by atoms with Gasteiger partial charge in [0.2, 0.25) is 0 Å². The minimum atomic E-state index is -0.0624. The van der Waals surface area contributed by atoms with Crippen LogP contribution in [0.3, 0.4) is 0 Å². The highest BCUT2D eigenvalue weighted by Gasteiger charge is 2.08. The zero-order valence-electron chi connectivity index (χ0n) is 10.3. The number of aldehydes is 1. The topological polar surface area (TPSA) is 46.5 Å². The van der Waals surface area contributed by atoms with Gasteiger partial charge in [-0.15, -0.1) is 0 Å². The summed E-state index contributed by atoms with van der Waals surface area (Å²) in [6.07, 6.45) is 0.640. The van der Waals surface area contributed by atoms with Gasteiger partial charge >= 0.3 is 0 Å². The van der Waals surface area contributed by atoms with Gasteiger partial charge in [-0.1, -0.05) is 12.1 Å². The summed E-state index contributed by atoms with van der Waals surface area (Å²) in [7, 11) is 0. The van der Waals surface area contributed by atoms with Gasteiger partial charge in [-0.05, 0) is 43.2 Å². The van der Waals surface area contributed by atoms with Crippen molar-refractivity contribution in [1.82, 2.24) is 0 Å². The monoisotopic (exact) mass is 242 g/mol. The van der Waals surface area contributed by atoms with Crippen molar-refractivity contribution < 1.29 is 14.6 Å². The summed E-state index contributed by atoms with van der Waals surface area (Å²) in [5.41, 5.74) is 2.08. The van der Waals surface area contributed by atoms with Crippen molar-refractivity contribution in [3.8, 4) is 17.2 Å². The Bertz CT molecular complexity index is 565. The van der Waals surface area contributed by atoms with E-state index in [1.807, 2.05) is 31.2 Å². The normalized spacial score (nSPS) is 10.1. The van der Waals surface area contributed by atoms with Gasteiger partial charge in [0.25, 0.3) is 0 Å². The fourth-order valence-corrected chi connectivity index (χ4v) is 1.77. The van der Waals surface area contributed by atoms with E-state index in [2.05, 4.69) is 0 Å². The van der Waals surface area contributed by atoms with Crippen LogP contribution in [0, 0.1) is 13.8 Å². The number of aryl methyl sites for hydroxylation is 2. The van der Waals surface area contributed by atoms with E-state index in [1.54, 1.807) is 13.0 Å². The molecule has 18 heavy (non-hydrogen) atoms. The second-order valence-electron chi connectivity index (χ2n) is 4.21. The maximum atomic E-state index is 10.8. The van der Waals surface area contributed by atoms with Crippen LogP contribution in [0.15, 0.2) is 36.4 Å². The zero-order valence-corrected chi connectivity index (χ0v) is 10.3. The fraction of sp³-hybridized carbons (Fsp3) is 0.133. The van der Waals surface area contributed by atoms with Crippen molar-refractivity contribution >= 4 is 6.29 Å². The fourth-order valence-electron chi connectivity index (χ4n) is 1.77. The molecule has 0 saturated carbocycles. The Morgan fingerprint density at radius 3 is 2.50 bits per heavy atom. The first kappa shape index (κ1) is 12.2. The van der Waals surface area contributed by atoms with Crippen molar-refractivity contribution in [3.63, 3.8) is 0 Å². The summed E-state index contributed by atoms with van der Waals surface area (Å²) < 4.78 is 5.64. The standard InChI is InChI=1S/C15H14O3/c1-10-4-3-5-12(6-10)18-13-7-11(2)14(9-16)15(17)8-13/h3-9,17H,1-2H3. The maximum Gasteiger partial charge on any atom is 0.154 e. The maximum absolute atomic E-state index is 10.8. The molecule has 0 aromatic heterocycles. The first-order valence-electron chi connectivity index (χ1n) is 5.63. The van der Waals surface area contributed by atoms with Crippen LogP contribution in [0.1, 0.15) is 21.5 Å². The van der Waals surface area contributed by atoms with E-state index in [1.165, 1.54) is 6.07 Å². The lowest BCUT2D eigenvalue weighted by molar-refractivity contribution is 0.112. The van der Waals surface area contributed by atoms with Gasteiger partial charge in [-0.2, -0.15) is 0 Å². The molecule has 0 saturated heterocycles. The molecule has 0 radical (unpaired) electrons. The number of carbonyl (C=O) groups excluding carboxylic acids is 1. The van der Waals surface area contributed by atoms with Crippen LogP contribution < -0.4 is 4.74 Å². The number of hydrogen-bond acceptors (Lipinski definition) is 3. The lowest BCUT2D eigenvalue weighted by atomic mass is 10.1. The molecule has 0 aliphatic rings. The molecule has 0 heterocycles. The molecule has 2 rings (SSSR count). The lowest BCUT2D eigenvalue weighted by Crippen LogP contribution is -1.91. The molecular weight excluding hydrogens is 228 g/mol. The Hall–Kier alpha value is -2.29. The number of ether oxygens (including phenoxy) is 1. The summed E-state index contributed by atoms with van der Waals surface area (Å²) in [6, 6.07) is 10.8. The summed E-state index contributed by atoms with van der Waals surface area (Å²) in [5, 5.41) is 9.69. The summed E-state index contributed by atoms with van der Waals surface area (Å²) >= 11 is 0. The molecule has 2 aromatic rings. The third kappa shape index (κ3) is 2.51. The van der Waals surface area contributed by atoms with Crippen molar-refractivity contribution in [1.29, 1.82) is 0 Å². The van der Waals surface area contributed by atoms with E-state index in [0.29, 0.717) is 28.9 Å². The van der Waals surface area contributed by atoms with Crippen molar-refractivity contribution in [3.05, 3.63) is 53.1 Å².